The summed E-state index contributed by atoms with van der Waals surface area (Å²) < 4.78 is 0. The zero-order valence-corrected chi connectivity index (χ0v) is 13.1. The maximum absolute atomic E-state index is 11.1. The summed E-state index contributed by atoms with van der Waals surface area (Å²) in [6.45, 7) is 0. The molecule has 9 heteroatoms. The molecule has 1 N–H and O–H groups in total. The summed E-state index contributed by atoms with van der Waals surface area (Å²) in [5.74, 6) is -0.0473. The third kappa shape index (κ3) is 3.44. The van der Waals surface area contributed by atoms with Gasteiger partial charge in [0.15, 0.2) is 5.69 Å². The van der Waals surface area contributed by atoms with Gasteiger partial charge in [-0.1, -0.05) is 0 Å². The highest BCUT2D eigenvalue weighted by Crippen LogP contribution is 2.37. The summed E-state index contributed by atoms with van der Waals surface area (Å²) in [7, 11) is 0. The number of aromatic hydroxyl groups is 1. The fourth-order valence-corrected chi connectivity index (χ4v) is 2.80. The molecule has 0 unspecified atom stereocenters. The van der Waals surface area contributed by atoms with E-state index in [1.54, 1.807) is 12.1 Å². The van der Waals surface area contributed by atoms with Crippen molar-refractivity contribution in [3.05, 3.63) is 61.7 Å². The molecule has 2 aromatic rings. The van der Waals surface area contributed by atoms with Gasteiger partial charge in [0.25, 0.3) is 5.69 Å². The molecular formula is C16H14N4O5. The van der Waals surface area contributed by atoms with E-state index in [0.29, 0.717) is 0 Å². The van der Waals surface area contributed by atoms with Gasteiger partial charge in [-0.05, 0) is 55.0 Å². The van der Waals surface area contributed by atoms with Crippen molar-refractivity contribution in [3.8, 4) is 5.75 Å². The number of phenols is 1. The molecule has 0 saturated carbocycles. The molecule has 0 aromatic heterocycles. The van der Waals surface area contributed by atoms with E-state index in [1.165, 1.54) is 0 Å². The van der Waals surface area contributed by atoms with Crippen LogP contribution in [0.5, 0.6) is 5.75 Å². The number of nitrogens with zero attached hydrogens (tertiary/aromatic N) is 4. The van der Waals surface area contributed by atoms with Crippen molar-refractivity contribution in [3.63, 3.8) is 0 Å². The molecule has 128 valence electrons. The lowest BCUT2D eigenvalue weighted by Gasteiger charge is -2.16. The lowest BCUT2D eigenvalue weighted by atomic mass is 9.91. The molecule has 0 saturated heterocycles. The Morgan fingerprint density at radius 1 is 0.880 bits per heavy atom. The largest absolute Gasteiger partial charge is 0.506 e. The van der Waals surface area contributed by atoms with Crippen LogP contribution in [-0.2, 0) is 12.8 Å². The van der Waals surface area contributed by atoms with E-state index in [2.05, 4.69) is 10.2 Å². The average molecular weight is 342 g/mol. The molecule has 1 aliphatic carbocycles. The highest BCUT2D eigenvalue weighted by molar-refractivity contribution is 5.62. The van der Waals surface area contributed by atoms with Crippen molar-refractivity contribution >= 4 is 22.7 Å². The van der Waals surface area contributed by atoms with E-state index in [0.717, 1.165) is 55.0 Å². The van der Waals surface area contributed by atoms with Gasteiger partial charge in [0.05, 0.1) is 15.9 Å². The second-order valence-corrected chi connectivity index (χ2v) is 5.70. The number of rotatable bonds is 4. The third-order valence-electron chi connectivity index (χ3n) is 4.07. The molecule has 0 spiro atoms. The average Bonchev–Trinajstić information content (AvgIpc) is 2.59. The number of azo groups is 1. The number of aryl methyl sites for hydroxylation is 2. The first-order chi connectivity index (χ1) is 12.0. The van der Waals surface area contributed by atoms with Crippen molar-refractivity contribution in [2.24, 2.45) is 10.2 Å². The van der Waals surface area contributed by atoms with Crippen LogP contribution in [0.3, 0.4) is 0 Å². The van der Waals surface area contributed by atoms with Gasteiger partial charge in [-0.2, -0.15) is 0 Å². The summed E-state index contributed by atoms with van der Waals surface area (Å²) in [6, 6.07) is 6.49. The van der Waals surface area contributed by atoms with Crippen molar-refractivity contribution in [2.75, 3.05) is 0 Å². The van der Waals surface area contributed by atoms with Crippen LogP contribution in [0.4, 0.5) is 22.7 Å². The van der Waals surface area contributed by atoms with Crippen LogP contribution in [0, 0.1) is 20.2 Å². The van der Waals surface area contributed by atoms with E-state index >= 15 is 0 Å². The number of benzene rings is 2. The van der Waals surface area contributed by atoms with Gasteiger partial charge in [-0.25, -0.2) is 0 Å². The highest BCUT2D eigenvalue weighted by atomic mass is 16.6. The smallest absolute Gasteiger partial charge is 0.303 e. The van der Waals surface area contributed by atoms with Crippen LogP contribution in [0.15, 0.2) is 40.6 Å². The Hall–Kier alpha value is -3.36. The number of hydrogen-bond donors (Lipinski definition) is 1. The van der Waals surface area contributed by atoms with E-state index in [1.807, 2.05) is 0 Å². The Labute approximate surface area is 141 Å². The zero-order valence-electron chi connectivity index (χ0n) is 13.1. The number of hydrogen-bond acceptors (Lipinski definition) is 7. The Kier molecular flexibility index (Phi) is 4.38. The molecule has 0 aliphatic heterocycles. The Morgan fingerprint density at radius 2 is 1.52 bits per heavy atom. The van der Waals surface area contributed by atoms with Gasteiger partial charge in [0, 0.05) is 6.07 Å². The zero-order chi connectivity index (χ0) is 18.0. The van der Waals surface area contributed by atoms with Crippen LogP contribution in [0.2, 0.25) is 0 Å². The summed E-state index contributed by atoms with van der Waals surface area (Å²) >= 11 is 0. The lowest BCUT2D eigenvalue weighted by molar-refractivity contribution is -0.393. The van der Waals surface area contributed by atoms with Gasteiger partial charge in [-0.15, -0.1) is 10.2 Å². The monoisotopic (exact) mass is 342 g/mol. The molecule has 25 heavy (non-hydrogen) atoms. The summed E-state index contributed by atoms with van der Waals surface area (Å²) in [6.07, 6.45) is 3.91. The van der Waals surface area contributed by atoms with E-state index in [9.17, 15) is 25.3 Å². The third-order valence-corrected chi connectivity index (χ3v) is 4.07. The summed E-state index contributed by atoms with van der Waals surface area (Å²) in [5.41, 5.74) is 1.33. The maximum Gasteiger partial charge on any atom is 0.303 e. The number of nitro groups is 2. The van der Waals surface area contributed by atoms with E-state index in [4.69, 9.17) is 0 Å². The standard InChI is InChI=1S/C16H14N4O5/c21-16-8-11-4-2-1-3-10(11)7-14(16)18-17-13-6-5-12(19(22)23)9-15(13)20(24)25/h5-9,21H,1-4H2. The van der Waals surface area contributed by atoms with Crippen LogP contribution in [-0.4, -0.2) is 15.0 Å². The molecule has 2 aromatic carbocycles. The number of nitro benzene ring substituents is 2. The molecular weight excluding hydrogens is 328 g/mol. The first kappa shape index (κ1) is 16.5. The molecule has 1 aliphatic rings. The molecule has 0 bridgehead atoms. The van der Waals surface area contributed by atoms with Crippen LogP contribution >= 0.6 is 0 Å². The van der Waals surface area contributed by atoms with Crippen LogP contribution in [0.25, 0.3) is 0 Å². The minimum Gasteiger partial charge on any atom is -0.506 e. The summed E-state index contributed by atoms with van der Waals surface area (Å²) in [5, 5.41) is 39.6. The van der Waals surface area contributed by atoms with Crippen molar-refractivity contribution < 1.29 is 15.0 Å². The first-order valence-electron chi connectivity index (χ1n) is 7.65. The number of phenolic OH excluding ortho intramolecular Hbond substituents is 1. The normalized spacial score (nSPS) is 13.6. The van der Waals surface area contributed by atoms with Gasteiger partial charge in [-0.3, -0.25) is 20.2 Å². The second kappa shape index (κ2) is 6.63. The minimum atomic E-state index is -0.756. The molecule has 0 atom stereocenters. The van der Waals surface area contributed by atoms with Crippen LogP contribution < -0.4 is 0 Å². The Balaban J connectivity index is 1.97. The molecule has 9 nitrogen and oxygen atoms in total. The molecule has 0 amide bonds. The van der Waals surface area contributed by atoms with Gasteiger partial charge >= 0.3 is 5.69 Å². The van der Waals surface area contributed by atoms with Gasteiger partial charge < -0.3 is 5.11 Å². The topological polar surface area (TPSA) is 131 Å². The maximum atomic E-state index is 11.1. The van der Waals surface area contributed by atoms with Gasteiger partial charge in [0.2, 0.25) is 0 Å². The van der Waals surface area contributed by atoms with Crippen molar-refractivity contribution in [2.45, 2.75) is 25.7 Å². The van der Waals surface area contributed by atoms with E-state index in [-0.39, 0.29) is 17.1 Å². The quantitative estimate of drug-likeness (QED) is 0.496. The predicted molar refractivity (Wildman–Crippen MR) is 88.7 cm³/mol. The van der Waals surface area contributed by atoms with Gasteiger partial charge in [0.1, 0.15) is 11.4 Å². The molecule has 0 radical (unpaired) electrons. The fraction of sp³-hybridized carbons (Fsp3) is 0.250. The number of non-ortho nitro benzene ring substituents is 1. The fourth-order valence-electron chi connectivity index (χ4n) is 2.80. The minimum absolute atomic E-state index is 0.0473. The Morgan fingerprint density at radius 3 is 2.16 bits per heavy atom. The second-order valence-electron chi connectivity index (χ2n) is 5.70. The molecule has 0 fully saturated rings. The molecule has 0 heterocycles. The van der Waals surface area contributed by atoms with Crippen molar-refractivity contribution in [1.29, 1.82) is 0 Å². The first-order valence-corrected chi connectivity index (χ1v) is 7.65. The van der Waals surface area contributed by atoms with Crippen molar-refractivity contribution in [1.82, 2.24) is 0 Å². The molecule has 3 rings (SSSR count). The van der Waals surface area contributed by atoms with Crippen LogP contribution in [0.1, 0.15) is 24.0 Å². The number of fused-ring (bicyclic) bond motifs is 1. The highest BCUT2D eigenvalue weighted by Gasteiger charge is 2.20. The lowest BCUT2D eigenvalue weighted by Crippen LogP contribution is -2.01. The Bertz CT molecular complexity index is 894. The summed E-state index contributed by atoms with van der Waals surface area (Å²) in [4.78, 5) is 20.4. The van der Waals surface area contributed by atoms with E-state index < -0.39 is 21.2 Å². The SMILES string of the molecule is O=[N+]([O-])c1ccc(N=Nc2cc3c(cc2O)CCCC3)c([N+](=O)[O-])c1. The predicted octanol–water partition coefficient (Wildman–Crippen LogP) is 4.50.